The number of benzene rings is 1. The second-order valence-electron chi connectivity index (χ2n) is 6.57. The Labute approximate surface area is 180 Å². The molecule has 1 aromatic carbocycles. The monoisotopic (exact) mass is 457 g/mol. The first kappa shape index (κ1) is 21.8. The van der Waals surface area contributed by atoms with E-state index in [1.165, 1.54) is 19.2 Å². The van der Waals surface area contributed by atoms with Gasteiger partial charge in [-0.05, 0) is 30.3 Å². The van der Waals surface area contributed by atoms with E-state index in [0.717, 1.165) is 0 Å². The number of halogens is 2. The average Bonchev–Trinajstić information content (AvgIpc) is 2.72. The zero-order valence-electron chi connectivity index (χ0n) is 15.8. The van der Waals surface area contributed by atoms with Crippen LogP contribution in [0.5, 0.6) is 0 Å². The van der Waals surface area contributed by atoms with Crippen molar-refractivity contribution in [3.8, 4) is 0 Å². The first-order chi connectivity index (χ1) is 13.8. The minimum Gasteiger partial charge on any atom is -0.384 e. The number of ether oxygens (including phenoxy) is 1. The Balaban J connectivity index is 1.63. The molecule has 2 heterocycles. The first-order valence-electron chi connectivity index (χ1n) is 8.99. The van der Waals surface area contributed by atoms with Crippen LogP contribution in [0, 0.1) is 0 Å². The molecular formula is C19H21Cl2N3O4S. The van der Waals surface area contributed by atoms with Gasteiger partial charge >= 0.3 is 0 Å². The number of amides is 1. The Morgan fingerprint density at radius 2 is 1.79 bits per heavy atom. The summed E-state index contributed by atoms with van der Waals surface area (Å²) < 4.78 is 29.2. The van der Waals surface area contributed by atoms with Crippen LogP contribution in [0.15, 0.2) is 41.4 Å². The molecule has 1 amide bonds. The van der Waals surface area contributed by atoms with Crippen LogP contribution in [0.4, 0.5) is 5.82 Å². The van der Waals surface area contributed by atoms with Crippen LogP contribution < -0.4 is 4.90 Å². The van der Waals surface area contributed by atoms with Crippen molar-refractivity contribution in [2.45, 2.75) is 4.90 Å². The number of carbonyl (C=O) groups excluding carboxylic acids is 1. The number of pyridine rings is 1. The standard InChI is InChI=1S/C19H21Cl2N3O4S/c1-28-10-11-29(26,27)16-4-2-14(3-5-16)19(25)24-8-6-23(7-9-24)18-17(21)12-15(20)13-22-18/h2-5,12-13H,6-11H2,1H3. The van der Waals surface area contributed by atoms with Crippen LogP contribution in [-0.4, -0.2) is 69.9 Å². The molecule has 1 saturated heterocycles. The zero-order chi connectivity index (χ0) is 21.0. The lowest BCUT2D eigenvalue weighted by molar-refractivity contribution is 0.0746. The number of nitrogens with zero attached hydrogens (tertiary/aromatic N) is 3. The molecule has 1 aliphatic rings. The Morgan fingerprint density at radius 1 is 1.14 bits per heavy atom. The van der Waals surface area contributed by atoms with Gasteiger partial charge in [0.2, 0.25) is 0 Å². The lowest BCUT2D eigenvalue weighted by Crippen LogP contribution is -2.49. The number of anilines is 1. The van der Waals surface area contributed by atoms with Gasteiger partial charge in [0.05, 0.1) is 27.3 Å². The fourth-order valence-corrected chi connectivity index (χ4v) is 4.73. The molecule has 29 heavy (non-hydrogen) atoms. The van der Waals surface area contributed by atoms with E-state index in [9.17, 15) is 13.2 Å². The average molecular weight is 458 g/mol. The largest absolute Gasteiger partial charge is 0.384 e. The molecular weight excluding hydrogens is 437 g/mol. The van der Waals surface area contributed by atoms with Gasteiger partial charge in [-0.2, -0.15) is 0 Å². The van der Waals surface area contributed by atoms with E-state index in [1.54, 1.807) is 29.3 Å². The van der Waals surface area contributed by atoms with E-state index in [4.69, 9.17) is 27.9 Å². The van der Waals surface area contributed by atoms with Crippen LogP contribution in [0.3, 0.4) is 0 Å². The van der Waals surface area contributed by atoms with Gasteiger partial charge in [-0.3, -0.25) is 4.79 Å². The van der Waals surface area contributed by atoms with Gasteiger partial charge in [0.15, 0.2) is 9.84 Å². The highest BCUT2D eigenvalue weighted by Gasteiger charge is 2.24. The van der Waals surface area contributed by atoms with Gasteiger partial charge < -0.3 is 14.5 Å². The van der Waals surface area contributed by atoms with Crippen molar-refractivity contribution in [1.82, 2.24) is 9.88 Å². The third kappa shape index (κ3) is 5.19. The van der Waals surface area contributed by atoms with Crippen molar-refractivity contribution in [2.24, 2.45) is 0 Å². The smallest absolute Gasteiger partial charge is 0.253 e. The van der Waals surface area contributed by atoms with Crippen molar-refractivity contribution in [3.05, 3.63) is 52.1 Å². The topological polar surface area (TPSA) is 79.8 Å². The molecule has 0 radical (unpaired) electrons. The predicted octanol–water partition coefficient (Wildman–Crippen LogP) is 2.77. The fraction of sp³-hybridized carbons (Fsp3) is 0.368. The van der Waals surface area contributed by atoms with E-state index in [1.807, 2.05) is 4.90 Å². The number of hydrogen-bond donors (Lipinski definition) is 0. The zero-order valence-corrected chi connectivity index (χ0v) is 18.2. The number of piperazine rings is 1. The summed E-state index contributed by atoms with van der Waals surface area (Å²) in [5.74, 6) is 0.412. The molecule has 1 aliphatic heterocycles. The van der Waals surface area contributed by atoms with E-state index >= 15 is 0 Å². The number of methoxy groups -OCH3 is 1. The van der Waals surface area contributed by atoms with Crippen LogP contribution in [0.1, 0.15) is 10.4 Å². The highest BCUT2D eigenvalue weighted by molar-refractivity contribution is 7.91. The SMILES string of the molecule is COCCS(=O)(=O)c1ccc(C(=O)N2CCN(c3ncc(Cl)cc3Cl)CC2)cc1. The number of carbonyl (C=O) groups is 1. The van der Waals surface area contributed by atoms with Crippen molar-refractivity contribution in [2.75, 3.05) is 50.5 Å². The molecule has 2 aromatic rings. The lowest BCUT2D eigenvalue weighted by atomic mass is 10.2. The number of hydrogen-bond acceptors (Lipinski definition) is 6. The van der Waals surface area contributed by atoms with Crippen LogP contribution >= 0.6 is 23.2 Å². The Kier molecular flexibility index (Phi) is 7.00. The van der Waals surface area contributed by atoms with Crippen LogP contribution in [-0.2, 0) is 14.6 Å². The summed E-state index contributed by atoms with van der Waals surface area (Å²) in [4.78, 5) is 21.0. The number of sulfone groups is 1. The lowest BCUT2D eigenvalue weighted by Gasteiger charge is -2.35. The van der Waals surface area contributed by atoms with Crippen LogP contribution in [0.2, 0.25) is 10.0 Å². The summed E-state index contributed by atoms with van der Waals surface area (Å²) in [6, 6.07) is 7.67. The maximum atomic E-state index is 12.8. The number of rotatable bonds is 6. The van der Waals surface area contributed by atoms with Crippen molar-refractivity contribution >= 4 is 44.8 Å². The molecule has 7 nitrogen and oxygen atoms in total. The first-order valence-corrected chi connectivity index (χ1v) is 11.4. The summed E-state index contributed by atoms with van der Waals surface area (Å²) in [5, 5.41) is 0.947. The van der Waals surface area contributed by atoms with Gasteiger partial charge in [-0.15, -0.1) is 0 Å². The summed E-state index contributed by atoms with van der Waals surface area (Å²) in [5.41, 5.74) is 0.451. The van der Waals surface area contributed by atoms with Gasteiger partial charge in [-0.25, -0.2) is 13.4 Å². The van der Waals surface area contributed by atoms with E-state index < -0.39 is 9.84 Å². The maximum absolute atomic E-state index is 12.8. The van der Waals surface area contributed by atoms with Crippen molar-refractivity contribution in [3.63, 3.8) is 0 Å². The predicted molar refractivity (Wildman–Crippen MR) is 113 cm³/mol. The van der Waals surface area contributed by atoms with Crippen molar-refractivity contribution < 1.29 is 17.9 Å². The molecule has 0 spiro atoms. The van der Waals surface area contributed by atoms with Gasteiger partial charge in [0.1, 0.15) is 5.82 Å². The van der Waals surface area contributed by atoms with Crippen LogP contribution in [0.25, 0.3) is 0 Å². The van der Waals surface area contributed by atoms with Crippen molar-refractivity contribution in [1.29, 1.82) is 0 Å². The van der Waals surface area contributed by atoms with E-state index in [0.29, 0.717) is 47.6 Å². The third-order valence-corrected chi connectivity index (χ3v) is 6.85. The van der Waals surface area contributed by atoms with E-state index in [-0.39, 0.29) is 23.2 Å². The quantitative estimate of drug-likeness (QED) is 0.663. The molecule has 3 rings (SSSR count). The minimum atomic E-state index is -3.42. The molecule has 0 atom stereocenters. The summed E-state index contributed by atoms with van der Waals surface area (Å²) in [7, 11) is -1.97. The molecule has 1 fully saturated rings. The molecule has 0 unspecified atom stereocenters. The molecule has 10 heteroatoms. The summed E-state index contributed by atoms with van der Waals surface area (Å²) in [6.07, 6.45) is 1.54. The molecule has 1 aromatic heterocycles. The van der Waals surface area contributed by atoms with Gasteiger partial charge in [0, 0.05) is 45.0 Å². The Morgan fingerprint density at radius 3 is 2.38 bits per heavy atom. The Hall–Kier alpha value is -1.87. The number of aromatic nitrogens is 1. The molecule has 0 bridgehead atoms. The van der Waals surface area contributed by atoms with Gasteiger partial charge in [0.25, 0.3) is 5.91 Å². The summed E-state index contributed by atoms with van der Waals surface area (Å²) >= 11 is 12.1. The van der Waals surface area contributed by atoms with E-state index in [2.05, 4.69) is 4.98 Å². The molecule has 156 valence electrons. The normalized spacial score (nSPS) is 14.9. The maximum Gasteiger partial charge on any atom is 0.253 e. The highest BCUT2D eigenvalue weighted by Crippen LogP contribution is 2.27. The Bertz CT molecular complexity index is 975. The molecule has 0 N–H and O–H groups in total. The third-order valence-electron chi connectivity index (χ3n) is 4.67. The second kappa shape index (κ2) is 9.30. The summed E-state index contributed by atoms with van der Waals surface area (Å²) in [6.45, 7) is 2.31. The van der Waals surface area contributed by atoms with Gasteiger partial charge in [-0.1, -0.05) is 23.2 Å². The second-order valence-corrected chi connectivity index (χ2v) is 9.53. The highest BCUT2D eigenvalue weighted by atomic mass is 35.5. The molecule has 0 aliphatic carbocycles. The molecule has 0 saturated carbocycles. The minimum absolute atomic E-state index is 0.0972. The fourth-order valence-electron chi connectivity index (χ4n) is 3.06.